The Labute approximate surface area is 210 Å². The van der Waals surface area contributed by atoms with Crippen LogP contribution in [-0.2, 0) is 6.61 Å². The van der Waals surface area contributed by atoms with Crippen molar-refractivity contribution in [3.8, 4) is 11.5 Å². The van der Waals surface area contributed by atoms with Crippen molar-refractivity contribution in [2.24, 2.45) is 5.10 Å². The Balaban J connectivity index is 1.47. The number of hydrazone groups is 1. The molecule has 0 atom stereocenters. The Bertz CT molecular complexity index is 1320. The first-order chi connectivity index (χ1) is 16.0. The molecule has 0 spiro atoms. The van der Waals surface area contributed by atoms with Gasteiger partial charge in [0.2, 0.25) is 0 Å². The van der Waals surface area contributed by atoms with E-state index >= 15 is 0 Å². The van der Waals surface area contributed by atoms with Gasteiger partial charge in [-0.1, -0.05) is 60.1 Å². The van der Waals surface area contributed by atoms with Crippen LogP contribution in [0.1, 0.15) is 21.5 Å². The van der Waals surface area contributed by atoms with Crippen molar-refractivity contribution in [2.75, 3.05) is 7.11 Å². The van der Waals surface area contributed by atoms with Crippen LogP contribution in [0.5, 0.6) is 11.5 Å². The molecule has 0 saturated carbocycles. The van der Waals surface area contributed by atoms with Gasteiger partial charge in [0.05, 0.1) is 16.9 Å². The molecule has 5 nitrogen and oxygen atoms in total. The number of carbonyl (C=O) groups excluding carboxylic acids is 1. The van der Waals surface area contributed by atoms with E-state index in [-0.39, 0.29) is 5.91 Å². The summed E-state index contributed by atoms with van der Waals surface area (Å²) < 4.78 is 12.4. The molecule has 0 fully saturated rings. The third-order valence-electron chi connectivity index (χ3n) is 4.96. The maximum Gasteiger partial charge on any atom is 0.271 e. The fourth-order valence-electron chi connectivity index (χ4n) is 3.34. The molecule has 0 aliphatic carbocycles. The Kier molecular flexibility index (Phi) is 7.47. The highest BCUT2D eigenvalue weighted by Gasteiger charge is 2.12. The minimum atomic E-state index is -0.271. The Morgan fingerprint density at radius 3 is 2.61 bits per heavy atom. The van der Waals surface area contributed by atoms with Gasteiger partial charge < -0.3 is 9.47 Å². The average Bonchev–Trinajstić information content (AvgIpc) is 2.83. The molecule has 4 aromatic carbocycles. The van der Waals surface area contributed by atoms with Gasteiger partial charge in [0.25, 0.3) is 5.91 Å². The van der Waals surface area contributed by atoms with Crippen LogP contribution in [0, 0.1) is 3.57 Å². The lowest BCUT2D eigenvalue weighted by atomic mass is 10.0. The number of hydrogen-bond acceptors (Lipinski definition) is 4. The van der Waals surface area contributed by atoms with Gasteiger partial charge >= 0.3 is 0 Å². The molecule has 0 aromatic heterocycles. The molecule has 33 heavy (non-hydrogen) atoms. The van der Waals surface area contributed by atoms with E-state index in [1.165, 1.54) is 0 Å². The topological polar surface area (TPSA) is 59.9 Å². The predicted octanol–water partition coefficient (Wildman–Crippen LogP) is 6.45. The van der Waals surface area contributed by atoms with Crippen LogP contribution in [0.3, 0.4) is 0 Å². The molecule has 0 bridgehead atoms. The van der Waals surface area contributed by atoms with E-state index in [1.807, 2.05) is 72.8 Å². The number of methoxy groups -OCH3 is 1. The molecule has 166 valence electrons. The van der Waals surface area contributed by atoms with Crippen LogP contribution in [-0.4, -0.2) is 19.2 Å². The highest BCUT2D eigenvalue weighted by Crippen LogP contribution is 2.34. The number of ether oxygens (including phenoxy) is 2. The van der Waals surface area contributed by atoms with Gasteiger partial charge in [-0.05, 0) is 74.8 Å². The number of nitrogens with one attached hydrogen (secondary N) is 1. The minimum Gasteiger partial charge on any atom is -0.493 e. The van der Waals surface area contributed by atoms with Gasteiger partial charge in [-0.2, -0.15) is 5.10 Å². The lowest BCUT2D eigenvalue weighted by Crippen LogP contribution is -2.17. The van der Waals surface area contributed by atoms with E-state index in [2.05, 4.69) is 33.1 Å². The van der Waals surface area contributed by atoms with Gasteiger partial charge in [0.1, 0.15) is 6.61 Å². The first-order valence-electron chi connectivity index (χ1n) is 10.1. The summed E-state index contributed by atoms with van der Waals surface area (Å²) in [6, 6.07) is 24.6. The zero-order valence-corrected chi connectivity index (χ0v) is 20.6. The Morgan fingerprint density at radius 2 is 1.82 bits per heavy atom. The van der Waals surface area contributed by atoms with Gasteiger partial charge in [-0.15, -0.1) is 0 Å². The molecule has 7 heteroatoms. The van der Waals surface area contributed by atoms with E-state index in [0.29, 0.717) is 28.7 Å². The van der Waals surface area contributed by atoms with Crippen LogP contribution in [0.15, 0.2) is 84.0 Å². The monoisotopic (exact) mass is 570 g/mol. The van der Waals surface area contributed by atoms with Crippen LogP contribution in [0.2, 0.25) is 5.02 Å². The van der Waals surface area contributed by atoms with Gasteiger partial charge in [-0.25, -0.2) is 5.43 Å². The molecular formula is C26H20ClIN2O3. The molecule has 0 radical (unpaired) electrons. The van der Waals surface area contributed by atoms with Gasteiger partial charge in [0, 0.05) is 10.6 Å². The molecule has 1 amide bonds. The second-order valence-electron chi connectivity index (χ2n) is 7.18. The van der Waals surface area contributed by atoms with Crippen LogP contribution >= 0.6 is 34.2 Å². The Morgan fingerprint density at radius 1 is 1.06 bits per heavy atom. The SMILES string of the molecule is COc1cc(/C=N\NC(=O)c2cccc3ccccc23)cc(I)c1OCc1ccc(Cl)cc1. The van der Waals surface area contributed by atoms with E-state index in [9.17, 15) is 4.79 Å². The van der Waals surface area contributed by atoms with Crippen molar-refractivity contribution in [3.05, 3.63) is 104 Å². The Hall–Kier alpha value is -3.10. The summed E-state index contributed by atoms with van der Waals surface area (Å²) in [6.45, 7) is 0.387. The second-order valence-corrected chi connectivity index (χ2v) is 8.77. The van der Waals surface area contributed by atoms with Gasteiger partial charge in [0.15, 0.2) is 11.5 Å². The lowest BCUT2D eigenvalue weighted by molar-refractivity contribution is 0.0957. The number of benzene rings is 4. The van der Waals surface area contributed by atoms with Crippen molar-refractivity contribution in [1.82, 2.24) is 5.43 Å². The lowest BCUT2D eigenvalue weighted by Gasteiger charge is -2.13. The normalized spacial score (nSPS) is 11.0. The summed E-state index contributed by atoms with van der Waals surface area (Å²) in [6.07, 6.45) is 1.58. The van der Waals surface area contributed by atoms with Crippen molar-refractivity contribution in [3.63, 3.8) is 0 Å². The van der Waals surface area contributed by atoms with E-state index < -0.39 is 0 Å². The van der Waals surface area contributed by atoms with Crippen molar-refractivity contribution >= 4 is 57.1 Å². The summed E-state index contributed by atoms with van der Waals surface area (Å²) >= 11 is 8.13. The highest BCUT2D eigenvalue weighted by molar-refractivity contribution is 14.1. The van der Waals surface area contributed by atoms with Crippen molar-refractivity contribution < 1.29 is 14.3 Å². The van der Waals surface area contributed by atoms with E-state index in [1.54, 1.807) is 19.4 Å². The van der Waals surface area contributed by atoms with E-state index in [4.69, 9.17) is 21.1 Å². The number of rotatable bonds is 7. The molecule has 1 N–H and O–H groups in total. The summed E-state index contributed by atoms with van der Waals surface area (Å²) in [4.78, 5) is 12.7. The fraction of sp³-hybridized carbons (Fsp3) is 0.0769. The number of hydrogen-bond donors (Lipinski definition) is 1. The van der Waals surface area contributed by atoms with Crippen LogP contribution < -0.4 is 14.9 Å². The first-order valence-corrected chi connectivity index (χ1v) is 11.6. The minimum absolute atomic E-state index is 0.271. The van der Waals surface area contributed by atoms with Crippen LogP contribution in [0.4, 0.5) is 0 Å². The average molecular weight is 571 g/mol. The third kappa shape index (κ3) is 5.64. The molecule has 0 unspecified atom stereocenters. The number of carbonyl (C=O) groups is 1. The molecule has 0 aliphatic rings. The zero-order chi connectivity index (χ0) is 23.2. The fourth-order valence-corrected chi connectivity index (χ4v) is 4.25. The first kappa shape index (κ1) is 23.1. The summed E-state index contributed by atoms with van der Waals surface area (Å²) in [5.41, 5.74) is 4.95. The van der Waals surface area contributed by atoms with E-state index in [0.717, 1.165) is 25.5 Å². The highest BCUT2D eigenvalue weighted by atomic mass is 127. The smallest absolute Gasteiger partial charge is 0.271 e. The molecule has 4 aromatic rings. The second kappa shape index (κ2) is 10.7. The van der Waals surface area contributed by atoms with Gasteiger partial charge in [-0.3, -0.25) is 4.79 Å². The zero-order valence-electron chi connectivity index (χ0n) is 17.7. The third-order valence-corrected chi connectivity index (χ3v) is 6.02. The van der Waals surface area contributed by atoms with Crippen molar-refractivity contribution in [1.29, 1.82) is 0 Å². The maximum absolute atomic E-state index is 12.7. The summed E-state index contributed by atoms with van der Waals surface area (Å²) in [5.74, 6) is 0.954. The summed E-state index contributed by atoms with van der Waals surface area (Å²) in [5, 5.41) is 6.70. The largest absolute Gasteiger partial charge is 0.493 e. The molecule has 0 saturated heterocycles. The molecule has 0 aliphatic heterocycles. The molecule has 4 rings (SSSR count). The number of halogens is 2. The molecular weight excluding hydrogens is 551 g/mol. The van der Waals surface area contributed by atoms with Crippen molar-refractivity contribution in [2.45, 2.75) is 6.61 Å². The predicted molar refractivity (Wildman–Crippen MR) is 141 cm³/mol. The maximum atomic E-state index is 12.7. The quantitative estimate of drug-likeness (QED) is 0.158. The number of nitrogens with zero attached hydrogens (tertiary/aromatic N) is 1. The van der Waals surface area contributed by atoms with Crippen LogP contribution in [0.25, 0.3) is 10.8 Å². The molecule has 0 heterocycles. The summed E-state index contributed by atoms with van der Waals surface area (Å²) in [7, 11) is 1.59. The standard InChI is InChI=1S/C26H20ClIN2O3/c1-32-24-14-18(13-23(28)25(24)33-16-17-9-11-20(27)12-10-17)15-29-30-26(31)22-8-4-6-19-5-2-3-7-21(19)22/h2-15H,16H2,1H3,(H,30,31)/b29-15-. The number of amides is 1. The number of fused-ring (bicyclic) bond motifs is 1.